The quantitative estimate of drug-likeness (QED) is 0.767. The van der Waals surface area contributed by atoms with E-state index in [2.05, 4.69) is 10.1 Å². The summed E-state index contributed by atoms with van der Waals surface area (Å²) in [5.41, 5.74) is 1.26. The number of ketones is 1. The van der Waals surface area contributed by atoms with Crippen LogP contribution in [0.1, 0.15) is 28.4 Å². The third kappa shape index (κ3) is 5.56. The van der Waals surface area contributed by atoms with Crippen molar-refractivity contribution < 1.29 is 27.4 Å². The van der Waals surface area contributed by atoms with Gasteiger partial charge in [-0.15, -0.1) is 0 Å². The Balaban J connectivity index is 1.71. The van der Waals surface area contributed by atoms with Crippen LogP contribution in [0.4, 0.5) is 13.2 Å². The van der Waals surface area contributed by atoms with E-state index in [1.807, 2.05) is 6.07 Å². The van der Waals surface area contributed by atoms with Crippen molar-refractivity contribution >= 4 is 5.78 Å². The van der Waals surface area contributed by atoms with E-state index in [1.165, 1.54) is 30.3 Å². The number of carbonyl (C=O) groups excluding carboxylic acids is 1. The Kier molecular flexibility index (Phi) is 6.86. The Labute approximate surface area is 166 Å². The number of benzene rings is 2. The van der Waals surface area contributed by atoms with Crippen molar-refractivity contribution in [1.82, 2.24) is 5.32 Å². The predicted molar refractivity (Wildman–Crippen MR) is 98.2 cm³/mol. The average molecular weight is 404 g/mol. The normalized spacial score (nSPS) is 16.4. The number of hydrogen-bond donors (Lipinski definition) is 1. The summed E-state index contributed by atoms with van der Waals surface area (Å²) < 4.78 is 49.6. The Morgan fingerprint density at radius 1 is 1.24 bits per heavy atom. The second-order valence-electron chi connectivity index (χ2n) is 6.62. The maximum absolute atomic E-state index is 14.5. The van der Waals surface area contributed by atoms with Gasteiger partial charge in [0.15, 0.2) is 0 Å². The van der Waals surface area contributed by atoms with Gasteiger partial charge in [-0.05, 0) is 35.4 Å². The summed E-state index contributed by atoms with van der Waals surface area (Å²) in [6.07, 6.45) is -0.708. The molecule has 1 fully saturated rings. The number of halogens is 3. The molecule has 5 nitrogen and oxygen atoms in total. The van der Waals surface area contributed by atoms with Crippen LogP contribution in [0.25, 0.3) is 0 Å². The van der Waals surface area contributed by atoms with Gasteiger partial charge in [-0.1, -0.05) is 12.1 Å². The van der Waals surface area contributed by atoms with E-state index in [9.17, 15) is 18.0 Å². The molecule has 1 atom stereocenters. The van der Waals surface area contributed by atoms with Crippen LogP contribution in [0.2, 0.25) is 0 Å². The molecule has 2 aromatic rings. The maximum Gasteiger partial charge on any atom is 0.387 e. The van der Waals surface area contributed by atoms with E-state index in [-0.39, 0.29) is 47.2 Å². The lowest BCUT2D eigenvalue weighted by atomic mass is 9.98. The van der Waals surface area contributed by atoms with Crippen LogP contribution in [0.3, 0.4) is 0 Å². The molecular weight excluding hydrogens is 385 g/mol. The van der Waals surface area contributed by atoms with Crippen molar-refractivity contribution in [2.45, 2.75) is 25.6 Å². The lowest BCUT2D eigenvalue weighted by Gasteiger charge is -2.24. The molecule has 2 aromatic carbocycles. The molecule has 0 aliphatic carbocycles. The van der Waals surface area contributed by atoms with E-state index < -0.39 is 12.4 Å². The van der Waals surface area contributed by atoms with Crippen LogP contribution in [0, 0.1) is 17.1 Å². The molecule has 0 unspecified atom stereocenters. The smallest absolute Gasteiger partial charge is 0.387 e. The maximum atomic E-state index is 14.5. The second kappa shape index (κ2) is 9.54. The highest BCUT2D eigenvalue weighted by Gasteiger charge is 2.19. The van der Waals surface area contributed by atoms with Gasteiger partial charge in [-0.25, -0.2) is 4.39 Å². The first-order valence-electron chi connectivity index (χ1n) is 9.06. The van der Waals surface area contributed by atoms with Gasteiger partial charge in [-0.3, -0.25) is 4.79 Å². The third-order valence-electron chi connectivity index (χ3n) is 4.56. The van der Waals surface area contributed by atoms with Crippen molar-refractivity contribution in [2.24, 2.45) is 0 Å². The number of nitrogens with one attached hydrogen (secondary N) is 1. The predicted octanol–water partition coefficient (Wildman–Crippen LogP) is 3.31. The van der Waals surface area contributed by atoms with Crippen molar-refractivity contribution in [2.75, 3.05) is 19.7 Å². The zero-order chi connectivity index (χ0) is 20.8. The molecule has 1 aliphatic rings. The molecule has 0 radical (unpaired) electrons. The first-order chi connectivity index (χ1) is 14.0. The van der Waals surface area contributed by atoms with Gasteiger partial charge in [0.1, 0.15) is 17.3 Å². The fourth-order valence-corrected chi connectivity index (χ4v) is 3.17. The van der Waals surface area contributed by atoms with Crippen LogP contribution in [0.15, 0.2) is 36.4 Å². The van der Waals surface area contributed by atoms with Gasteiger partial charge >= 0.3 is 6.61 Å². The SMILES string of the molecule is N#Cc1ccc(OC(F)F)c(CC(=O)Cc2ccc([C@@H]3CNCCO3)cc2F)c1. The number of nitrogens with zero attached hydrogens (tertiary/aromatic N) is 1. The highest BCUT2D eigenvalue weighted by atomic mass is 19.3. The Hall–Kier alpha value is -2.89. The summed E-state index contributed by atoms with van der Waals surface area (Å²) in [5.74, 6) is -1.09. The Morgan fingerprint density at radius 3 is 2.69 bits per heavy atom. The summed E-state index contributed by atoms with van der Waals surface area (Å²) in [7, 11) is 0. The van der Waals surface area contributed by atoms with E-state index in [0.29, 0.717) is 18.7 Å². The van der Waals surface area contributed by atoms with Crippen molar-refractivity contribution in [3.05, 3.63) is 64.5 Å². The standard InChI is InChI=1S/C21H19F3N2O3/c22-18-10-15(20-12-26-5-6-28-20)3-2-14(18)8-17(27)9-16-7-13(11-25)1-4-19(16)29-21(23)24/h1-4,7,10,20-21,26H,5-6,8-9,12H2/t20-/m0/s1. The topological polar surface area (TPSA) is 71.3 Å². The molecule has 0 bridgehead atoms. The van der Waals surface area contributed by atoms with E-state index in [1.54, 1.807) is 6.07 Å². The van der Waals surface area contributed by atoms with Crippen LogP contribution in [-0.2, 0) is 22.4 Å². The monoisotopic (exact) mass is 404 g/mol. The fourth-order valence-electron chi connectivity index (χ4n) is 3.17. The van der Waals surface area contributed by atoms with Gasteiger partial charge in [0.05, 0.1) is 24.3 Å². The molecule has 8 heteroatoms. The molecular formula is C21H19F3N2O3. The van der Waals surface area contributed by atoms with Gasteiger partial charge in [0.25, 0.3) is 0 Å². The molecule has 1 aliphatic heterocycles. The minimum absolute atomic E-state index is 0.160. The number of rotatable bonds is 7. The van der Waals surface area contributed by atoms with E-state index in [4.69, 9.17) is 10.00 Å². The largest absolute Gasteiger partial charge is 0.435 e. The first kappa shape index (κ1) is 20.8. The first-order valence-corrected chi connectivity index (χ1v) is 9.06. The minimum Gasteiger partial charge on any atom is -0.435 e. The molecule has 29 heavy (non-hydrogen) atoms. The zero-order valence-corrected chi connectivity index (χ0v) is 15.5. The van der Waals surface area contributed by atoms with Crippen LogP contribution >= 0.6 is 0 Å². The Bertz CT molecular complexity index is 922. The molecule has 0 saturated carbocycles. The number of hydrogen-bond acceptors (Lipinski definition) is 5. The number of carbonyl (C=O) groups is 1. The third-order valence-corrected chi connectivity index (χ3v) is 4.56. The number of Topliss-reactive ketones (excluding diaryl/α,β-unsaturated/α-hetero) is 1. The van der Waals surface area contributed by atoms with E-state index >= 15 is 0 Å². The van der Waals surface area contributed by atoms with Crippen LogP contribution in [-0.4, -0.2) is 32.1 Å². The van der Waals surface area contributed by atoms with Gasteiger partial charge in [0, 0.05) is 31.5 Å². The summed E-state index contributed by atoms with van der Waals surface area (Å²) in [6.45, 7) is -1.19. The summed E-state index contributed by atoms with van der Waals surface area (Å²) in [6, 6.07) is 10.3. The minimum atomic E-state index is -3.06. The summed E-state index contributed by atoms with van der Waals surface area (Å²) in [4.78, 5) is 12.4. The Morgan fingerprint density at radius 2 is 2.03 bits per heavy atom. The molecule has 152 valence electrons. The number of morpholine rings is 1. The number of nitriles is 1. The lowest BCUT2D eigenvalue weighted by molar-refractivity contribution is -0.118. The molecule has 1 saturated heterocycles. The second-order valence-corrected chi connectivity index (χ2v) is 6.62. The van der Waals surface area contributed by atoms with Crippen LogP contribution in [0.5, 0.6) is 5.75 Å². The molecule has 0 amide bonds. The van der Waals surface area contributed by atoms with Crippen LogP contribution < -0.4 is 10.1 Å². The number of ether oxygens (including phenoxy) is 2. The van der Waals surface area contributed by atoms with Gasteiger partial charge in [0.2, 0.25) is 0 Å². The lowest BCUT2D eigenvalue weighted by Crippen LogP contribution is -2.33. The summed E-state index contributed by atoms with van der Waals surface area (Å²) >= 11 is 0. The average Bonchev–Trinajstić information content (AvgIpc) is 2.71. The molecule has 0 spiro atoms. The van der Waals surface area contributed by atoms with Crippen molar-refractivity contribution in [1.29, 1.82) is 5.26 Å². The van der Waals surface area contributed by atoms with Crippen molar-refractivity contribution in [3.8, 4) is 11.8 Å². The fraction of sp³-hybridized carbons (Fsp3) is 0.333. The molecule has 1 heterocycles. The van der Waals surface area contributed by atoms with Gasteiger partial charge < -0.3 is 14.8 Å². The molecule has 3 rings (SSSR count). The highest BCUT2D eigenvalue weighted by molar-refractivity contribution is 5.84. The van der Waals surface area contributed by atoms with Gasteiger partial charge in [-0.2, -0.15) is 14.0 Å². The van der Waals surface area contributed by atoms with Crippen molar-refractivity contribution in [3.63, 3.8) is 0 Å². The highest BCUT2D eigenvalue weighted by Crippen LogP contribution is 2.25. The molecule has 0 aromatic heterocycles. The summed E-state index contributed by atoms with van der Waals surface area (Å²) in [5, 5.41) is 12.2. The number of alkyl halides is 2. The molecule has 1 N–H and O–H groups in total. The van der Waals surface area contributed by atoms with E-state index in [0.717, 1.165) is 6.54 Å². The zero-order valence-electron chi connectivity index (χ0n) is 15.5.